The smallest absolute Gasteiger partial charge is 0.234 e. The highest BCUT2D eigenvalue weighted by molar-refractivity contribution is 5.78. The van der Waals surface area contributed by atoms with E-state index in [9.17, 15) is 4.79 Å². The molecule has 2 aliphatic heterocycles. The summed E-state index contributed by atoms with van der Waals surface area (Å²) in [7, 11) is 0. The van der Waals surface area contributed by atoms with Crippen LogP contribution in [0.4, 0.5) is 0 Å². The van der Waals surface area contributed by atoms with Crippen molar-refractivity contribution in [3.63, 3.8) is 0 Å². The molecule has 4 rings (SSSR count). The molecule has 0 bridgehead atoms. The lowest BCUT2D eigenvalue weighted by atomic mass is 9.96. The summed E-state index contributed by atoms with van der Waals surface area (Å²) in [6.45, 7) is 6.82. The fraction of sp³-hybridized carbons (Fsp3) is 0.458. The third kappa shape index (κ3) is 4.56. The lowest BCUT2D eigenvalue weighted by Gasteiger charge is -2.28. The molecule has 5 nitrogen and oxygen atoms in total. The van der Waals surface area contributed by atoms with Gasteiger partial charge in [0.1, 0.15) is 13.2 Å². The Morgan fingerprint density at radius 1 is 1.10 bits per heavy atom. The van der Waals surface area contributed by atoms with E-state index in [-0.39, 0.29) is 18.0 Å². The fourth-order valence-corrected chi connectivity index (χ4v) is 4.36. The van der Waals surface area contributed by atoms with Crippen LogP contribution in [0.3, 0.4) is 0 Å². The van der Waals surface area contributed by atoms with Gasteiger partial charge < -0.3 is 14.8 Å². The molecule has 5 heteroatoms. The molecule has 2 aliphatic rings. The molecular formula is C24H30N2O3. The van der Waals surface area contributed by atoms with Crippen molar-refractivity contribution in [2.24, 2.45) is 5.92 Å². The summed E-state index contributed by atoms with van der Waals surface area (Å²) < 4.78 is 11.4. The molecule has 0 saturated carbocycles. The van der Waals surface area contributed by atoms with Crippen molar-refractivity contribution in [2.75, 3.05) is 26.3 Å². The Bertz CT molecular complexity index is 837. The van der Waals surface area contributed by atoms with Gasteiger partial charge >= 0.3 is 0 Å². The molecule has 0 radical (unpaired) electrons. The van der Waals surface area contributed by atoms with Gasteiger partial charge in [-0.2, -0.15) is 0 Å². The van der Waals surface area contributed by atoms with E-state index in [1.54, 1.807) is 0 Å². The second-order valence-corrected chi connectivity index (χ2v) is 8.23. The minimum absolute atomic E-state index is 0.0269. The minimum Gasteiger partial charge on any atom is -0.486 e. The normalized spacial score (nSPS) is 19.9. The summed E-state index contributed by atoms with van der Waals surface area (Å²) in [6.07, 6.45) is 2.15. The Hall–Kier alpha value is -2.53. The van der Waals surface area contributed by atoms with E-state index in [1.807, 2.05) is 24.3 Å². The molecule has 1 saturated heterocycles. The van der Waals surface area contributed by atoms with E-state index >= 15 is 0 Å². The summed E-state index contributed by atoms with van der Waals surface area (Å²) in [4.78, 5) is 15.2. The van der Waals surface area contributed by atoms with E-state index < -0.39 is 0 Å². The number of benzene rings is 2. The van der Waals surface area contributed by atoms with Crippen molar-refractivity contribution < 1.29 is 14.3 Å². The topological polar surface area (TPSA) is 50.8 Å². The first-order chi connectivity index (χ1) is 14.1. The number of hydrogen-bond acceptors (Lipinski definition) is 4. The van der Waals surface area contributed by atoms with Crippen molar-refractivity contribution >= 4 is 5.91 Å². The van der Waals surface area contributed by atoms with Crippen LogP contribution in [0.15, 0.2) is 48.5 Å². The van der Waals surface area contributed by atoms with Gasteiger partial charge in [-0.15, -0.1) is 0 Å². The van der Waals surface area contributed by atoms with E-state index in [1.165, 1.54) is 5.56 Å². The monoisotopic (exact) mass is 394 g/mol. The van der Waals surface area contributed by atoms with Crippen molar-refractivity contribution in [3.8, 4) is 11.5 Å². The highest BCUT2D eigenvalue weighted by Gasteiger charge is 2.29. The van der Waals surface area contributed by atoms with Gasteiger partial charge in [-0.1, -0.05) is 50.2 Å². The summed E-state index contributed by atoms with van der Waals surface area (Å²) >= 11 is 0. The summed E-state index contributed by atoms with van der Waals surface area (Å²) in [5, 5.41) is 3.26. The van der Waals surface area contributed by atoms with Crippen LogP contribution in [0.5, 0.6) is 11.5 Å². The molecule has 2 aromatic carbocycles. The van der Waals surface area contributed by atoms with Crippen LogP contribution >= 0.6 is 0 Å². The Morgan fingerprint density at radius 3 is 2.62 bits per heavy atom. The van der Waals surface area contributed by atoms with E-state index in [0.717, 1.165) is 36.4 Å². The van der Waals surface area contributed by atoms with Crippen LogP contribution in [0.2, 0.25) is 0 Å². The zero-order valence-electron chi connectivity index (χ0n) is 17.3. The Balaban J connectivity index is 1.43. The van der Waals surface area contributed by atoms with Crippen LogP contribution in [-0.2, 0) is 4.79 Å². The van der Waals surface area contributed by atoms with Crippen LogP contribution in [0.25, 0.3) is 0 Å². The number of hydrogen-bond donors (Lipinski definition) is 1. The third-order valence-corrected chi connectivity index (χ3v) is 5.80. The first-order valence-corrected chi connectivity index (χ1v) is 10.6. The maximum Gasteiger partial charge on any atom is 0.234 e. The third-order valence-electron chi connectivity index (χ3n) is 5.80. The molecule has 154 valence electrons. The number of carbonyl (C=O) groups is 1. The average molecular weight is 395 g/mol. The Morgan fingerprint density at radius 2 is 1.86 bits per heavy atom. The van der Waals surface area contributed by atoms with Crippen molar-refractivity contribution in [2.45, 2.75) is 38.8 Å². The Labute approximate surface area is 173 Å². The maximum atomic E-state index is 12.9. The molecule has 1 amide bonds. The number of carbonyl (C=O) groups excluding carboxylic acids is 1. The predicted octanol–water partition coefficient (Wildman–Crippen LogP) is 4.11. The second kappa shape index (κ2) is 8.87. The number of ether oxygens (including phenoxy) is 2. The number of rotatable bonds is 6. The SMILES string of the molecule is CC(C)[C@H](NC(=O)CN1CCC[C@@H]1c1ccc2c(c1)OCCO2)c1ccccc1. The molecule has 29 heavy (non-hydrogen) atoms. The molecule has 1 fully saturated rings. The van der Waals surface area contributed by atoms with E-state index in [0.29, 0.717) is 25.7 Å². The largest absolute Gasteiger partial charge is 0.486 e. The van der Waals surface area contributed by atoms with Gasteiger partial charge in [-0.3, -0.25) is 9.69 Å². The van der Waals surface area contributed by atoms with Gasteiger partial charge in [0.15, 0.2) is 11.5 Å². The van der Waals surface area contributed by atoms with Gasteiger partial charge in [0.25, 0.3) is 0 Å². The number of amides is 1. The van der Waals surface area contributed by atoms with Gasteiger partial charge in [0, 0.05) is 6.04 Å². The quantitative estimate of drug-likeness (QED) is 0.801. The molecule has 2 aromatic rings. The van der Waals surface area contributed by atoms with E-state index in [4.69, 9.17) is 9.47 Å². The van der Waals surface area contributed by atoms with Crippen LogP contribution < -0.4 is 14.8 Å². The zero-order valence-corrected chi connectivity index (χ0v) is 17.3. The van der Waals surface area contributed by atoms with Crippen molar-refractivity contribution in [1.29, 1.82) is 0 Å². The molecule has 2 heterocycles. The van der Waals surface area contributed by atoms with E-state index in [2.05, 4.69) is 48.3 Å². The molecule has 1 N–H and O–H groups in total. The predicted molar refractivity (Wildman–Crippen MR) is 113 cm³/mol. The summed E-state index contributed by atoms with van der Waals surface area (Å²) in [5.74, 6) is 2.03. The molecule has 0 aromatic heterocycles. The van der Waals surface area contributed by atoms with Gasteiger partial charge in [-0.25, -0.2) is 0 Å². The molecule has 0 spiro atoms. The van der Waals surface area contributed by atoms with Crippen molar-refractivity contribution in [1.82, 2.24) is 10.2 Å². The van der Waals surface area contributed by atoms with Gasteiger partial charge in [0.2, 0.25) is 5.91 Å². The second-order valence-electron chi connectivity index (χ2n) is 8.23. The first-order valence-electron chi connectivity index (χ1n) is 10.6. The highest BCUT2D eigenvalue weighted by atomic mass is 16.6. The van der Waals surface area contributed by atoms with Gasteiger partial charge in [-0.05, 0) is 48.6 Å². The first kappa shape index (κ1) is 19.8. The summed E-state index contributed by atoms with van der Waals surface area (Å²) in [5.41, 5.74) is 2.35. The number of nitrogens with zero attached hydrogens (tertiary/aromatic N) is 1. The lowest BCUT2D eigenvalue weighted by molar-refractivity contribution is -0.123. The Kier molecular flexibility index (Phi) is 6.05. The fourth-order valence-electron chi connectivity index (χ4n) is 4.36. The molecule has 0 aliphatic carbocycles. The van der Waals surface area contributed by atoms with Crippen LogP contribution in [-0.4, -0.2) is 37.1 Å². The number of fused-ring (bicyclic) bond motifs is 1. The highest BCUT2D eigenvalue weighted by Crippen LogP contribution is 2.38. The molecule has 0 unspecified atom stereocenters. The summed E-state index contributed by atoms with van der Waals surface area (Å²) in [6, 6.07) is 16.7. The van der Waals surface area contributed by atoms with Crippen LogP contribution in [0.1, 0.15) is 49.9 Å². The van der Waals surface area contributed by atoms with Crippen LogP contribution in [0, 0.1) is 5.92 Å². The molecular weight excluding hydrogens is 364 g/mol. The molecule has 2 atom stereocenters. The standard InChI is InChI=1S/C24H30N2O3/c1-17(2)24(18-7-4-3-5-8-18)25-23(27)16-26-12-6-9-20(26)19-10-11-21-22(15-19)29-14-13-28-21/h3-5,7-8,10-11,15,17,20,24H,6,9,12-14,16H2,1-2H3,(H,25,27)/t20-,24+/m1/s1. The lowest BCUT2D eigenvalue weighted by Crippen LogP contribution is -2.40. The minimum atomic E-state index is 0.0269. The number of nitrogens with one attached hydrogen (secondary N) is 1. The number of likely N-dealkylation sites (tertiary alicyclic amines) is 1. The average Bonchev–Trinajstić information content (AvgIpc) is 3.20. The zero-order chi connectivity index (χ0) is 20.2. The maximum absolute atomic E-state index is 12.9. The van der Waals surface area contributed by atoms with Crippen molar-refractivity contribution in [3.05, 3.63) is 59.7 Å². The van der Waals surface area contributed by atoms with Gasteiger partial charge in [0.05, 0.1) is 12.6 Å².